The van der Waals surface area contributed by atoms with Gasteiger partial charge in [0, 0.05) is 12.1 Å². The number of hydrogen-bond acceptors (Lipinski definition) is 2. The van der Waals surface area contributed by atoms with Gasteiger partial charge in [-0.05, 0) is 34.5 Å². The summed E-state index contributed by atoms with van der Waals surface area (Å²) >= 11 is 3.49. The molecule has 0 saturated carbocycles. The molecule has 2 rings (SSSR count). The van der Waals surface area contributed by atoms with Crippen molar-refractivity contribution in [3.05, 3.63) is 28.5 Å². The number of nitrogens with two attached hydrogens (primary N) is 1. The first-order valence-corrected chi connectivity index (χ1v) is 6.36. The van der Waals surface area contributed by atoms with Crippen molar-refractivity contribution in [1.29, 1.82) is 0 Å². The fraction of sp³-hybridized carbons (Fsp3) is 0.417. The quantitative estimate of drug-likeness (QED) is 0.935. The zero-order chi connectivity index (χ0) is 11.7. The van der Waals surface area contributed by atoms with Crippen LogP contribution in [0.5, 0.6) is 0 Å². The van der Waals surface area contributed by atoms with Crippen molar-refractivity contribution < 1.29 is 0 Å². The number of anilines is 1. The molecule has 2 heterocycles. The van der Waals surface area contributed by atoms with Gasteiger partial charge >= 0.3 is 0 Å². The van der Waals surface area contributed by atoms with Crippen LogP contribution in [0.2, 0.25) is 0 Å². The molecule has 0 aromatic carbocycles. The molecular formula is C12H16BrN3. The average Bonchev–Trinajstić information content (AvgIpc) is 2.59. The minimum atomic E-state index is 0.414. The van der Waals surface area contributed by atoms with Gasteiger partial charge in [-0.3, -0.25) is 4.40 Å². The molecule has 1 unspecified atom stereocenters. The number of nitrogen functional groups attached to an aromatic ring is 1. The second kappa shape index (κ2) is 4.45. The molecule has 2 N–H and O–H groups in total. The van der Waals surface area contributed by atoms with E-state index in [9.17, 15) is 0 Å². The maximum atomic E-state index is 6.12. The van der Waals surface area contributed by atoms with Crippen molar-refractivity contribution in [2.24, 2.45) is 0 Å². The second-order valence-corrected chi connectivity index (χ2v) is 4.98. The number of rotatable bonds is 3. The fourth-order valence-corrected chi connectivity index (χ4v) is 2.43. The van der Waals surface area contributed by atoms with Crippen LogP contribution in [0.15, 0.2) is 22.8 Å². The standard InChI is InChI=1S/C12H16BrN3/c1-3-5-8(2)10-11(14)16-7-4-6-9(13)12(16)15-10/h4,6-8H,3,5,14H2,1-2H3. The van der Waals surface area contributed by atoms with Gasteiger partial charge in [0.2, 0.25) is 0 Å². The van der Waals surface area contributed by atoms with Crippen LogP contribution in [0.25, 0.3) is 5.65 Å². The summed E-state index contributed by atoms with van der Waals surface area (Å²) in [6, 6.07) is 3.94. The van der Waals surface area contributed by atoms with Crippen LogP contribution < -0.4 is 5.73 Å². The summed E-state index contributed by atoms with van der Waals surface area (Å²) in [4.78, 5) is 4.62. The smallest absolute Gasteiger partial charge is 0.153 e. The van der Waals surface area contributed by atoms with Crippen molar-refractivity contribution in [3.63, 3.8) is 0 Å². The maximum Gasteiger partial charge on any atom is 0.153 e. The summed E-state index contributed by atoms with van der Waals surface area (Å²) in [5.74, 6) is 1.18. The van der Waals surface area contributed by atoms with Crippen LogP contribution in [0.3, 0.4) is 0 Å². The molecular weight excluding hydrogens is 266 g/mol. The van der Waals surface area contributed by atoms with Gasteiger partial charge in [-0.2, -0.15) is 0 Å². The highest BCUT2D eigenvalue weighted by Crippen LogP contribution is 2.28. The molecule has 0 aliphatic rings. The van der Waals surface area contributed by atoms with E-state index in [1.165, 1.54) is 0 Å². The number of hydrogen-bond donors (Lipinski definition) is 1. The number of nitrogens with zero attached hydrogens (tertiary/aromatic N) is 2. The predicted molar refractivity (Wildman–Crippen MR) is 70.6 cm³/mol. The molecule has 0 radical (unpaired) electrons. The number of aromatic nitrogens is 2. The average molecular weight is 282 g/mol. The highest BCUT2D eigenvalue weighted by Gasteiger charge is 2.16. The Morgan fingerprint density at radius 3 is 2.94 bits per heavy atom. The van der Waals surface area contributed by atoms with Gasteiger partial charge < -0.3 is 5.73 Å². The highest BCUT2D eigenvalue weighted by atomic mass is 79.9. The first-order chi connectivity index (χ1) is 7.65. The topological polar surface area (TPSA) is 43.3 Å². The molecule has 0 aliphatic heterocycles. The first-order valence-electron chi connectivity index (χ1n) is 5.57. The van der Waals surface area contributed by atoms with Crippen LogP contribution in [-0.4, -0.2) is 9.38 Å². The lowest BCUT2D eigenvalue weighted by molar-refractivity contribution is 0.653. The molecule has 0 spiro atoms. The van der Waals surface area contributed by atoms with Crippen molar-refractivity contribution in [3.8, 4) is 0 Å². The van der Waals surface area contributed by atoms with E-state index in [4.69, 9.17) is 5.73 Å². The van der Waals surface area contributed by atoms with Gasteiger partial charge in [-0.15, -0.1) is 0 Å². The summed E-state index contributed by atoms with van der Waals surface area (Å²) in [7, 11) is 0. The highest BCUT2D eigenvalue weighted by molar-refractivity contribution is 9.10. The fourth-order valence-electron chi connectivity index (χ4n) is 2.00. The number of halogens is 1. The zero-order valence-electron chi connectivity index (χ0n) is 9.57. The van der Waals surface area contributed by atoms with Crippen LogP contribution >= 0.6 is 15.9 Å². The molecule has 16 heavy (non-hydrogen) atoms. The number of pyridine rings is 1. The molecule has 0 bridgehead atoms. The number of imidazole rings is 1. The lowest BCUT2D eigenvalue weighted by Crippen LogP contribution is -2.00. The third-order valence-corrected chi connectivity index (χ3v) is 3.48. The monoisotopic (exact) mass is 281 g/mol. The van der Waals surface area contributed by atoms with Gasteiger partial charge in [0.15, 0.2) is 5.65 Å². The Morgan fingerprint density at radius 1 is 1.56 bits per heavy atom. The Kier molecular flexibility index (Phi) is 3.19. The Labute approximate surface area is 104 Å². The first kappa shape index (κ1) is 11.5. The van der Waals surface area contributed by atoms with Gasteiger partial charge in [0.05, 0.1) is 10.2 Å². The van der Waals surface area contributed by atoms with E-state index in [0.717, 1.165) is 34.5 Å². The van der Waals surface area contributed by atoms with E-state index in [2.05, 4.69) is 34.8 Å². The Balaban J connectivity index is 2.55. The summed E-state index contributed by atoms with van der Waals surface area (Å²) in [6.45, 7) is 4.36. The predicted octanol–water partition coefficient (Wildman–Crippen LogP) is 3.58. The molecule has 0 amide bonds. The summed E-state index contributed by atoms with van der Waals surface area (Å²) < 4.78 is 2.92. The van der Waals surface area contributed by atoms with E-state index in [1.54, 1.807) is 0 Å². The lowest BCUT2D eigenvalue weighted by Gasteiger charge is -2.07. The van der Waals surface area contributed by atoms with Gasteiger partial charge in [-0.1, -0.05) is 20.3 Å². The van der Waals surface area contributed by atoms with E-state index in [0.29, 0.717) is 5.92 Å². The van der Waals surface area contributed by atoms with E-state index in [1.807, 2.05) is 22.7 Å². The third-order valence-electron chi connectivity index (χ3n) is 2.86. The van der Waals surface area contributed by atoms with Crippen LogP contribution in [0.1, 0.15) is 38.3 Å². The van der Waals surface area contributed by atoms with Crippen LogP contribution in [-0.2, 0) is 0 Å². The van der Waals surface area contributed by atoms with Crippen molar-refractivity contribution in [2.45, 2.75) is 32.6 Å². The zero-order valence-corrected chi connectivity index (χ0v) is 11.2. The Hall–Kier alpha value is -1.03. The molecule has 2 aromatic rings. The number of fused-ring (bicyclic) bond motifs is 1. The van der Waals surface area contributed by atoms with Crippen LogP contribution in [0, 0.1) is 0 Å². The summed E-state index contributed by atoms with van der Waals surface area (Å²) in [6.07, 6.45) is 4.21. The largest absolute Gasteiger partial charge is 0.383 e. The minimum absolute atomic E-state index is 0.414. The summed E-state index contributed by atoms with van der Waals surface area (Å²) in [5.41, 5.74) is 8.03. The molecule has 3 nitrogen and oxygen atoms in total. The summed E-state index contributed by atoms with van der Waals surface area (Å²) in [5, 5.41) is 0. The van der Waals surface area contributed by atoms with Gasteiger partial charge in [-0.25, -0.2) is 4.98 Å². The lowest BCUT2D eigenvalue weighted by atomic mass is 10.0. The minimum Gasteiger partial charge on any atom is -0.383 e. The van der Waals surface area contributed by atoms with E-state index >= 15 is 0 Å². The molecule has 86 valence electrons. The molecule has 0 aliphatic carbocycles. The van der Waals surface area contributed by atoms with E-state index in [-0.39, 0.29) is 0 Å². The maximum absolute atomic E-state index is 6.12. The van der Waals surface area contributed by atoms with Crippen molar-refractivity contribution in [1.82, 2.24) is 9.38 Å². The molecule has 1 atom stereocenters. The van der Waals surface area contributed by atoms with Gasteiger partial charge in [0.25, 0.3) is 0 Å². The third kappa shape index (κ3) is 1.82. The molecule has 2 aromatic heterocycles. The van der Waals surface area contributed by atoms with Gasteiger partial charge in [0.1, 0.15) is 5.82 Å². The Morgan fingerprint density at radius 2 is 2.31 bits per heavy atom. The molecule has 4 heteroatoms. The molecule has 0 fully saturated rings. The van der Waals surface area contributed by atoms with Crippen LogP contribution in [0.4, 0.5) is 5.82 Å². The second-order valence-electron chi connectivity index (χ2n) is 4.12. The Bertz CT molecular complexity index is 504. The van der Waals surface area contributed by atoms with Crippen molar-refractivity contribution >= 4 is 27.4 Å². The van der Waals surface area contributed by atoms with E-state index < -0.39 is 0 Å². The normalized spacial score (nSPS) is 13.2. The molecule has 0 saturated heterocycles. The SMILES string of the molecule is CCCC(C)c1nc2c(Br)cccn2c1N. The van der Waals surface area contributed by atoms with Crippen molar-refractivity contribution in [2.75, 3.05) is 5.73 Å².